The van der Waals surface area contributed by atoms with E-state index in [0.29, 0.717) is 11.3 Å². The monoisotopic (exact) mass is 194 g/mol. The van der Waals surface area contributed by atoms with E-state index in [1.165, 1.54) is 12.1 Å². The Labute approximate surface area is 80.5 Å². The number of amides is 2. The molecule has 0 bridgehead atoms. The molecule has 4 N–H and O–H groups in total. The van der Waals surface area contributed by atoms with Crippen LogP contribution in [0.15, 0.2) is 18.2 Å². The summed E-state index contributed by atoms with van der Waals surface area (Å²) in [6.07, 6.45) is 0. The van der Waals surface area contributed by atoms with E-state index < -0.39 is 12.0 Å². The number of hydrogen-bond acceptors (Lipinski definition) is 2. The van der Waals surface area contributed by atoms with Gasteiger partial charge in [-0.05, 0) is 30.7 Å². The summed E-state index contributed by atoms with van der Waals surface area (Å²) in [6.45, 7) is 1.65. The molecular weight excluding hydrogens is 184 g/mol. The molecule has 0 spiro atoms. The highest BCUT2D eigenvalue weighted by Gasteiger charge is 2.07. The van der Waals surface area contributed by atoms with E-state index in [1.807, 2.05) is 0 Å². The third kappa shape index (κ3) is 2.22. The fourth-order valence-electron chi connectivity index (χ4n) is 1.12. The number of benzene rings is 1. The van der Waals surface area contributed by atoms with Crippen molar-refractivity contribution >= 4 is 17.7 Å². The first-order valence-electron chi connectivity index (χ1n) is 3.91. The Morgan fingerprint density at radius 1 is 1.43 bits per heavy atom. The summed E-state index contributed by atoms with van der Waals surface area (Å²) in [6, 6.07) is 3.78. The number of rotatable bonds is 2. The zero-order chi connectivity index (χ0) is 10.7. The molecule has 0 aliphatic rings. The Morgan fingerprint density at radius 2 is 2.07 bits per heavy atom. The van der Waals surface area contributed by atoms with Gasteiger partial charge >= 0.3 is 12.0 Å². The van der Waals surface area contributed by atoms with E-state index in [-0.39, 0.29) is 5.56 Å². The summed E-state index contributed by atoms with van der Waals surface area (Å²) in [4.78, 5) is 21.1. The van der Waals surface area contributed by atoms with Gasteiger partial charge in [0.25, 0.3) is 0 Å². The molecule has 2 amide bonds. The number of nitrogens with one attached hydrogen (secondary N) is 1. The first-order valence-corrected chi connectivity index (χ1v) is 3.91. The maximum atomic E-state index is 10.6. The van der Waals surface area contributed by atoms with Crippen LogP contribution in [0.5, 0.6) is 0 Å². The van der Waals surface area contributed by atoms with E-state index >= 15 is 0 Å². The van der Waals surface area contributed by atoms with Gasteiger partial charge in [0.2, 0.25) is 0 Å². The van der Waals surface area contributed by atoms with Gasteiger partial charge in [0.1, 0.15) is 0 Å². The molecule has 74 valence electrons. The predicted octanol–water partition coefficient (Wildman–Crippen LogP) is 1.18. The average Bonchev–Trinajstić information content (AvgIpc) is 2.01. The molecule has 0 aliphatic carbocycles. The summed E-state index contributed by atoms with van der Waals surface area (Å²) >= 11 is 0. The lowest BCUT2D eigenvalue weighted by Gasteiger charge is -2.04. The highest BCUT2D eigenvalue weighted by molar-refractivity contribution is 5.92. The molecule has 1 rings (SSSR count). The zero-order valence-electron chi connectivity index (χ0n) is 7.57. The van der Waals surface area contributed by atoms with E-state index in [4.69, 9.17) is 10.8 Å². The van der Waals surface area contributed by atoms with Crippen LogP contribution in [0.3, 0.4) is 0 Å². The summed E-state index contributed by atoms with van der Waals surface area (Å²) in [5, 5.41) is 11.1. The fraction of sp³-hybridized carbons (Fsp3) is 0.111. The Kier molecular flexibility index (Phi) is 2.71. The Balaban J connectivity index is 3.00. The van der Waals surface area contributed by atoms with Crippen molar-refractivity contribution in [3.63, 3.8) is 0 Å². The first-order chi connectivity index (χ1) is 6.50. The number of urea groups is 1. The molecule has 0 radical (unpaired) electrons. The van der Waals surface area contributed by atoms with Gasteiger partial charge in [0, 0.05) is 5.69 Å². The number of carbonyl (C=O) groups is 2. The number of hydrogen-bond donors (Lipinski definition) is 3. The molecular formula is C9H10N2O3. The molecule has 5 heteroatoms. The van der Waals surface area contributed by atoms with Gasteiger partial charge in [0.05, 0.1) is 5.56 Å². The molecule has 0 unspecified atom stereocenters. The van der Waals surface area contributed by atoms with Crippen LogP contribution >= 0.6 is 0 Å². The topological polar surface area (TPSA) is 92.4 Å². The standard InChI is InChI=1S/C9H10N2O3/c1-5-4-6(11-9(10)14)2-3-7(5)8(12)13/h2-4H,1H3,(H,12,13)(H3,10,11,14). The minimum absolute atomic E-state index is 0.208. The molecule has 0 fully saturated rings. The number of nitrogens with two attached hydrogens (primary N) is 1. The zero-order valence-corrected chi connectivity index (χ0v) is 7.57. The summed E-state index contributed by atoms with van der Waals surface area (Å²) in [5.74, 6) is -0.992. The predicted molar refractivity (Wildman–Crippen MR) is 51.3 cm³/mol. The van der Waals surface area contributed by atoms with Crippen LogP contribution in [-0.4, -0.2) is 17.1 Å². The quantitative estimate of drug-likeness (QED) is 0.660. The maximum Gasteiger partial charge on any atom is 0.335 e. The van der Waals surface area contributed by atoms with Gasteiger partial charge in [-0.2, -0.15) is 0 Å². The summed E-state index contributed by atoms with van der Waals surface area (Å²) < 4.78 is 0. The van der Waals surface area contributed by atoms with Gasteiger partial charge < -0.3 is 16.2 Å². The Morgan fingerprint density at radius 3 is 2.50 bits per heavy atom. The second kappa shape index (κ2) is 3.78. The third-order valence-electron chi connectivity index (χ3n) is 1.72. The second-order valence-corrected chi connectivity index (χ2v) is 2.82. The van der Waals surface area contributed by atoms with Crippen LogP contribution in [0.1, 0.15) is 15.9 Å². The van der Waals surface area contributed by atoms with E-state index in [0.717, 1.165) is 0 Å². The van der Waals surface area contributed by atoms with Crippen LogP contribution in [0, 0.1) is 6.92 Å². The van der Waals surface area contributed by atoms with Crippen molar-refractivity contribution in [3.05, 3.63) is 29.3 Å². The van der Waals surface area contributed by atoms with Crippen LogP contribution in [-0.2, 0) is 0 Å². The highest BCUT2D eigenvalue weighted by Crippen LogP contribution is 2.14. The first kappa shape index (κ1) is 10.0. The van der Waals surface area contributed by atoms with Crippen molar-refractivity contribution in [2.24, 2.45) is 5.73 Å². The van der Waals surface area contributed by atoms with Crippen LogP contribution < -0.4 is 11.1 Å². The van der Waals surface area contributed by atoms with Crippen molar-refractivity contribution in [2.75, 3.05) is 5.32 Å². The minimum atomic E-state index is -0.992. The van der Waals surface area contributed by atoms with Gasteiger partial charge in [-0.3, -0.25) is 0 Å². The number of primary amides is 1. The van der Waals surface area contributed by atoms with Gasteiger partial charge in [0.15, 0.2) is 0 Å². The average molecular weight is 194 g/mol. The molecule has 14 heavy (non-hydrogen) atoms. The molecule has 0 saturated heterocycles. The molecule has 0 aromatic heterocycles. The van der Waals surface area contributed by atoms with Crippen molar-refractivity contribution in [2.45, 2.75) is 6.92 Å². The maximum absolute atomic E-state index is 10.6. The second-order valence-electron chi connectivity index (χ2n) is 2.82. The van der Waals surface area contributed by atoms with E-state index in [2.05, 4.69) is 5.32 Å². The Hall–Kier alpha value is -2.04. The lowest BCUT2D eigenvalue weighted by Crippen LogP contribution is -2.19. The molecule has 1 aromatic rings. The van der Waals surface area contributed by atoms with Crippen LogP contribution in [0.4, 0.5) is 10.5 Å². The minimum Gasteiger partial charge on any atom is -0.478 e. The fourth-order valence-corrected chi connectivity index (χ4v) is 1.12. The number of carboxylic acid groups (broad SMARTS) is 1. The molecule has 5 nitrogen and oxygen atoms in total. The largest absolute Gasteiger partial charge is 0.478 e. The molecule has 0 saturated carbocycles. The van der Waals surface area contributed by atoms with Crippen molar-refractivity contribution in [3.8, 4) is 0 Å². The number of carbonyl (C=O) groups excluding carboxylic acids is 1. The van der Waals surface area contributed by atoms with Gasteiger partial charge in [-0.15, -0.1) is 0 Å². The Bertz CT molecular complexity index is 388. The SMILES string of the molecule is Cc1cc(NC(N)=O)ccc1C(=O)O. The number of aromatic carboxylic acids is 1. The summed E-state index contributed by atoms with van der Waals surface area (Å²) in [7, 11) is 0. The summed E-state index contributed by atoms with van der Waals surface area (Å²) in [5.41, 5.74) is 6.17. The van der Waals surface area contributed by atoms with E-state index in [1.54, 1.807) is 13.0 Å². The normalized spacial score (nSPS) is 9.50. The van der Waals surface area contributed by atoms with Crippen molar-refractivity contribution in [1.29, 1.82) is 0 Å². The lowest BCUT2D eigenvalue weighted by molar-refractivity contribution is 0.0696. The van der Waals surface area contributed by atoms with Crippen molar-refractivity contribution in [1.82, 2.24) is 0 Å². The van der Waals surface area contributed by atoms with E-state index in [9.17, 15) is 9.59 Å². The number of carboxylic acids is 1. The molecule has 0 heterocycles. The lowest BCUT2D eigenvalue weighted by atomic mass is 10.1. The number of anilines is 1. The molecule has 1 aromatic carbocycles. The van der Waals surface area contributed by atoms with Crippen molar-refractivity contribution < 1.29 is 14.7 Å². The van der Waals surface area contributed by atoms with Crippen LogP contribution in [0.25, 0.3) is 0 Å². The number of aryl methyl sites for hydroxylation is 1. The van der Waals surface area contributed by atoms with Crippen LogP contribution in [0.2, 0.25) is 0 Å². The van der Waals surface area contributed by atoms with Gasteiger partial charge in [-0.25, -0.2) is 9.59 Å². The highest BCUT2D eigenvalue weighted by atomic mass is 16.4. The van der Waals surface area contributed by atoms with Gasteiger partial charge in [-0.1, -0.05) is 0 Å². The third-order valence-corrected chi connectivity index (χ3v) is 1.72. The molecule has 0 aliphatic heterocycles. The molecule has 0 atom stereocenters. The smallest absolute Gasteiger partial charge is 0.335 e.